The molecule has 1 fully saturated rings. The summed E-state index contributed by atoms with van der Waals surface area (Å²) in [7, 11) is 1.70. The molecule has 0 bridgehead atoms. The monoisotopic (exact) mass is 403 g/mol. The molecule has 2 heterocycles. The average molecular weight is 404 g/mol. The van der Waals surface area contributed by atoms with Gasteiger partial charge in [-0.3, -0.25) is 4.79 Å². The van der Waals surface area contributed by atoms with E-state index in [-0.39, 0.29) is 5.91 Å². The van der Waals surface area contributed by atoms with Crippen LogP contribution in [-0.2, 0) is 9.53 Å². The lowest BCUT2D eigenvalue weighted by Crippen LogP contribution is -2.45. The van der Waals surface area contributed by atoms with Gasteiger partial charge in [0.05, 0.1) is 12.0 Å². The number of methoxy groups -OCH3 is 1. The number of benzene rings is 1. The van der Waals surface area contributed by atoms with E-state index in [1.807, 2.05) is 24.8 Å². The third kappa shape index (κ3) is 4.58. The number of aromatic nitrogens is 1. The van der Waals surface area contributed by atoms with Crippen molar-refractivity contribution in [3.63, 3.8) is 0 Å². The van der Waals surface area contributed by atoms with Crippen molar-refractivity contribution in [1.29, 1.82) is 0 Å². The Hall–Kier alpha value is -1.85. The maximum atomic E-state index is 12.7. The van der Waals surface area contributed by atoms with E-state index in [4.69, 9.17) is 21.3 Å². The largest absolute Gasteiger partial charge is 0.383 e. The number of hydrogen-bond acceptors (Lipinski definition) is 4. The van der Waals surface area contributed by atoms with Crippen molar-refractivity contribution in [3.8, 4) is 0 Å². The van der Waals surface area contributed by atoms with Crippen molar-refractivity contribution in [2.45, 2.75) is 32.6 Å². The number of anilines is 1. The van der Waals surface area contributed by atoms with E-state index in [0.29, 0.717) is 18.4 Å². The van der Waals surface area contributed by atoms with Crippen LogP contribution in [0.15, 0.2) is 30.3 Å². The minimum Gasteiger partial charge on any atom is -0.383 e. The Morgan fingerprint density at radius 2 is 2.04 bits per heavy atom. The number of amides is 1. The van der Waals surface area contributed by atoms with E-state index in [0.717, 1.165) is 49.4 Å². The van der Waals surface area contributed by atoms with E-state index in [2.05, 4.69) is 29.6 Å². The van der Waals surface area contributed by atoms with Crippen molar-refractivity contribution in [3.05, 3.63) is 36.0 Å². The zero-order valence-corrected chi connectivity index (χ0v) is 17.8. The molecule has 6 heteroatoms. The number of hydrogen-bond donors (Lipinski definition) is 1. The molecule has 5 nitrogen and oxygen atoms in total. The molecule has 0 atom stereocenters. The molecular weight excluding hydrogens is 374 g/mol. The summed E-state index contributed by atoms with van der Waals surface area (Å²) < 4.78 is 5.16. The summed E-state index contributed by atoms with van der Waals surface area (Å²) >= 11 is 5.98. The molecule has 0 aliphatic carbocycles. The van der Waals surface area contributed by atoms with E-state index in [9.17, 15) is 4.79 Å². The Balaban J connectivity index is 1.76. The number of carbonyl (C=O) groups is 1. The Kier molecular flexibility index (Phi) is 6.78. The summed E-state index contributed by atoms with van der Waals surface area (Å²) in [6.45, 7) is 6.69. The normalized spacial score (nSPS) is 15.8. The highest BCUT2D eigenvalue weighted by Crippen LogP contribution is 2.33. The number of rotatable bonds is 7. The van der Waals surface area contributed by atoms with Crippen molar-refractivity contribution in [1.82, 2.24) is 9.88 Å². The number of carbonyl (C=O) groups excluding carboxylic acids is 1. The number of piperidine rings is 1. The van der Waals surface area contributed by atoms with Gasteiger partial charge in [-0.15, -0.1) is 11.6 Å². The molecule has 1 N–H and O–H groups in total. The van der Waals surface area contributed by atoms with Crippen molar-refractivity contribution in [2.75, 3.05) is 44.5 Å². The molecule has 1 aromatic carbocycles. The number of fused-ring (bicyclic) bond motifs is 1. The van der Waals surface area contributed by atoms with Gasteiger partial charge < -0.3 is 15.0 Å². The second-order valence-corrected chi connectivity index (χ2v) is 8.39. The summed E-state index contributed by atoms with van der Waals surface area (Å²) in [4.78, 5) is 19.6. The maximum Gasteiger partial charge on any atom is 0.229 e. The summed E-state index contributed by atoms with van der Waals surface area (Å²) in [6, 6.07) is 10.5. The molecule has 3 rings (SSSR count). The molecule has 1 amide bonds. The van der Waals surface area contributed by atoms with Gasteiger partial charge in [0.2, 0.25) is 5.91 Å². The van der Waals surface area contributed by atoms with Gasteiger partial charge >= 0.3 is 0 Å². The highest BCUT2D eigenvalue weighted by molar-refractivity contribution is 6.19. The molecule has 0 radical (unpaired) electrons. The molecule has 1 aromatic heterocycles. The maximum absolute atomic E-state index is 12.7. The summed E-state index contributed by atoms with van der Waals surface area (Å²) in [5.74, 6) is 1.76. The molecule has 152 valence electrons. The van der Waals surface area contributed by atoms with Gasteiger partial charge in [0.1, 0.15) is 5.82 Å². The lowest BCUT2D eigenvalue weighted by atomic mass is 9.89. The van der Waals surface area contributed by atoms with Crippen LogP contribution in [-0.4, -0.2) is 55.0 Å². The molecule has 1 saturated heterocycles. The molecule has 1 aliphatic rings. The quantitative estimate of drug-likeness (QED) is 0.554. The zero-order chi connectivity index (χ0) is 20.1. The second kappa shape index (κ2) is 9.10. The number of ether oxygens (including phenoxy) is 1. The van der Waals surface area contributed by atoms with Gasteiger partial charge in [-0.1, -0.05) is 24.3 Å². The molecular formula is C22H30ClN3O2. The number of pyridine rings is 1. The predicted molar refractivity (Wildman–Crippen MR) is 115 cm³/mol. The third-order valence-corrected chi connectivity index (χ3v) is 6.14. The first-order valence-electron chi connectivity index (χ1n) is 9.94. The minimum absolute atomic E-state index is 0.148. The fourth-order valence-electron chi connectivity index (χ4n) is 3.70. The van der Waals surface area contributed by atoms with Gasteiger partial charge in [0.15, 0.2) is 0 Å². The SMILES string of the molecule is COCCNc1nc(C2CCN(C(=O)C(C)(C)CCl)CC2)cc2ccccc12. The van der Waals surface area contributed by atoms with Gasteiger partial charge in [-0.25, -0.2) is 4.98 Å². The van der Waals surface area contributed by atoms with E-state index in [1.165, 1.54) is 5.39 Å². The summed E-state index contributed by atoms with van der Waals surface area (Å²) in [6.07, 6.45) is 1.85. The van der Waals surface area contributed by atoms with E-state index < -0.39 is 5.41 Å². The van der Waals surface area contributed by atoms with Crippen LogP contribution in [0.4, 0.5) is 5.82 Å². The molecule has 2 aromatic rings. The zero-order valence-electron chi connectivity index (χ0n) is 17.0. The van der Waals surface area contributed by atoms with Crippen LogP contribution in [0, 0.1) is 5.41 Å². The first kappa shape index (κ1) is 20.9. The number of halogens is 1. The number of nitrogens with one attached hydrogen (secondary N) is 1. The van der Waals surface area contributed by atoms with Crippen LogP contribution in [0.1, 0.15) is 38.3 Å². The van der Waals surface area contributed by atoms with E-state index >= 15 is 0 Å². The van der Waals surface area contributed by atoms with Gasteiger partial charge in [-0.05, 0) is 38.1 Å². The predicted octanol–water partition coefficient (Wildman–Crippen LogP) is 4.26. The molecule has 0 unspecified atom stereocenters. The summed E-state index contributed by atoms with van der Waals surface area (Å²) in [5.41, 5.74) is 0.593. The number of likely N-dealkylation sites (tertiary alicyclic amines) is 1. The Bertz CT molecular complexity index is 817. The second-order valence-electron chi connectivity index (χ2n) is 8.12. The summed E-state index contributed by atoms with van der Waals surface area (Å²) in [5, 5.41) is 5.72. The van der Waals surface area contributed by atoms with Crippen LogP contribution in [0.2, 0.25) is 0 Å². The van der Waals surface area contributed by atoms with Crippen LogP contribution < -0.4 is 5.32 Å². The molecule has 1 aliphatic heterocycles. The fourth-order valence-corrected chi connectivity index (χ4v) is 3.81. The van der Waals surface area contributed by atoms with Crippen LogP contribution in [0.5, 0.6) is 0 Å². The minimum atomic E-state index is -0.506. The van der Waals surface area contributed by atoms with Gasteiger partial charge in [-0.2, -0.15) is 0 Å². The van der Waals surface area contributed by atoms with Gasteiger partial charge in [0.25, 0.3) is 0 Å². The number of alkyl halides is 1. The standard InChI is InChI=1S/C22H30ClN3O2/c1-22(2,15-23)21(27)26-11-8-16(9-12-26)19-14-17-6-4-5-7-18(17)20(25-19)24-10-13-28-3/h4-7,14,16H,8-13,15H2,1-3H3,(H,24,25). The lowest BCUT2D eigenvalue weighted by molar-refractivity contribution is -0.140. The van der Waals surface area contributed by atoms with Gasteiger partial charge in [0, 0.05) is 49.6 Å². The number of nitrogens with zero attached hydrogens (tertiary/aromatic N) is 2. The molecule has 0 spiro atoms. The third-order valence-electron chi connectivity index (χ3n) is 5.47. The topological polar surface area (TPSA) is 54.5 Å². The van der Waals surface area contributed by atoms with Crippen molar-refractivity contribution < 1.29 is 9.53 Å². The average Bonchev–Trinajstić information content (AvgIpc) is 2.73. The van der Waals surface area contributed by atoms with Crippen LogP contribution in [0.3, 0.4) is 0 Å². The first-order chi connectivity index (χ1) is 13.5. The van der Waals surface area contributed by atoms with Crippen LogP contribution >= 0.6 is 11.6 Å². The smallest absolute Gasteiger partial charge is 0.229 e. The van der Waals surface area contributed by atoms with Crippen LogP contribution in [0.25, 0.3) is 10.8 Å². The Labute approximate surface area is 172 Å². The lowest BCUT2D eigenvalue weighted by Gasteiger charge is -2.36. The molecule has 0 saturated carbocycles. The highest BCUT2D eigenvalue weighted by Gasteiger charge is 2.34. The Morgan fingerprint density at radius 3 is 2.71 bits per heavy atom. The molecule has 28 heavy (non-hydrogen) atoms. The van der Waals surface area contributed by atoms with E-state index in [1.54, 1.807) is 7.11 Å². The first-order valence-corrected chi connectivity index (χ1v) is 10.5. The highest BCUT2D eigenvalue weighted by atomic mass is 35.5. The fraction of sp³-hybridized carbons (Fsp3) is 0.545. The van der Waals surface area contributed by atoms with Crippen molar-refractivity contribution >= 4 is 34.1 Å². The van der Waals surface area contributed by atoms with Crippen molar-refractivity contribution in [2.24, 2.45) is 5.41 Å². The Morgan fingerprint density at radius 1 is 1.32 bits per heavy atom.